The van der Waals surface area contributed by atoms with Crippen molar-refractivity contribution in [3.8, 4) is 0 Å². The van der Waals surface area contributed by atoms with Gasteiger partial charge >= 0.3 is 11.9 Å². The van der Waals surface area contributed by atoms with Crippen LogP contribution >= 0.6 is 21.6 Å². The molecule has 0 aromatic heterocycles. The van der Waals surface area contributed by atoms with E-state index in [2.05, 4.69) is 21.3 Å². The lowest BCUT2D eigenvalue weighted by atomic mass is 9.79. The van der Waals surface area contributed by atoms with Crippen molar-refractivity contribution < 1.29 is 38.6 Å². The van der Waals surface area contributed by atoms with Crippen LogP contribution in [0.3, 0.4) is 0 Å². The minimum Gasteiger partial charge on any atom is -0.481 e. The Morgan fingerprint density at radius 3 is 2.51 bits per heavy atom. The summed E-state index contributed by atoms with van der Waals surface area (Å²) < 4.78 is 5.41. The minimum atomic E-state index is -1.22. The molecule has 3 rings (SSSR count). The van der Waals surface area contributed by atoms with E-state index < -0.39 is 66.3 Å². The van der Waals surface area contributed by atoms with Crippen molar-refractivity contribution in [1.82, 2.24) is 21.3 Å². The number of ether oxygens (including phenoxy) is 1. The number of hydrogen-bond acceptors (Lipinski definition) is 9. The molecule has 2 fully saturated rings. The SMILES string of the molecule is O=C(O)CC[C@H]1NC(=O)C[C@@H]2/C=C/CCSSC[C@@H](NC1=O)C(=O)NC(C1CCC1)C(=O)NCC(=O)O2. The van der Waals surface area contributed by atoms with Crippen LogP contribution in [0.4, 0.5) is 0 Å². The number of amides is 4. The van der Waals surface area contributed by atoms with Crippen LogP contribution in [0.15, 0.2) is 12.2 Å². The number of allylic oxidation sites excluding steroid dienone is 1. The summed E-state index contributed by atoms with van der Waals surface area (Å²) in [4.78, 5) is 75.7. The van der Waals surface area contributed by atoms with Crippen molar-refractivity contribution in [2.45, 2.75) is 69.2 Å². The maximum absolute atomic E-state index is 13.3. The zero-order chi connectivity index (χ0) is 26.8. The Morgan fingerprint density at radius 2 is 1.81 bits per heavy atom. The van der Waals surface area contributed by atoms with Gasteiger partial charge < -0.3 is 31.1 Å². The maximum Gasteiger partial charge on any atom is 0.326 e. The molecule has 204 valence electrons. The highest BCUT2D eigenvalue weighted by Crippen LogP contribution is 2.30. The van der Waals surface area contributed by atoms with E-state index in [9.17, 15) is 28.8 Å². The molecule has 0 spiro atoms. The fourth-order valence-corrected chi connectivity index (χ4v) is 6.18. The largest absolute Gasteiger partial charge is 0.481 e. The lowest BCUT2D eigenvalue weighted by Crippen LogP contribution is -2.60. The van der Waals surface area contributed by atoms with Crippen LogP contribution in [0.5, 0.6) is 0 Å². The third-order valence-electron chi connectivity index (χ3n) is 6.25. The van der Waals surface area contributed by atoms with Gasteiger partial charge in [-0.1, -0.05) is 34.1 Å². The maximum atomic E-state index is 13.3. The second kappa shape index (κ2) is 14.3. The summed E-state index contributed by atoms with van der Waals surface area (Å²) in [6.45, 7) is -0.434. The first-order valence-electron chi connectivity index (χ1n) is 12.2. The molecular weight excluding hydrogens is 524 g/mol. The van der Waals surface area contributed by atoms with Crippen LogP contribution in [0.1, 0.15) is 44.9 Å². The van der Waals surface area contributed by atoms with E-state index >= 15 is 0 Å². The normalized spacial score (nSPS) is 29.9. The highest BCUT2D eigenvalue weighted by atomic mass is 33.1. The van der Waals surface area contributed by atoms with Crippen molar-refractivity contribution in [3.05, 3.63) is 12.2 Å². The van der Waals surface area contributed by atoms with Gasteiger partial charge in [-0.15, -0.1) is 0 Å². The number of carboxylic acids is 1. The summed E-state index contributed by atoms with van der Waals surface area (Å²) >= 11 is 0. The molecule has 12 nitrogen and oxygen atoms in total. The highest BCUT2D eigenvalue weighted by molar-refractivity contribution is 8.76. The Bertz CT molecular complexity index is 926. The van der Waals surface area contributed by atoms with Gasteiger partial charge in [-0.05, 0) is 37.7 Å². The van der Waals surface area contributed by atoms with Crippen LogP contribution in [-0.4, -0.2) is 83.0 Å². The summed E-state index contributed by atoms with van der Waals surface area (Å²) in [6.07, 6.45) is 4.52. The number of carbonyl (C=O) groups excluding carboxylic acids is 5. The van der Waals surface area contributed by atoms with Crippen molar-refractivity contribution in [1.29, 1.82) is 0 Å². The van der Waals surface area contributed by atoms with Crippen LogP contribution < -0.4 is 21.3 Å². The zero-order valence-corrected chi connectivity index (χ0v) is 21.9. The first-order valence-corrected chi connectivity index (χ1v) is 14.7. The fraction of sp³-hybridized carbons (Fsp3) is 0.652. The zero-order valence-electron chi connectivity index (χ0n) is 20.2. The molecule has 37 heavy (non-hydrogen) atoms. The molecule has 4 atom stereocenters. The van der Waals surface area contributed by atoms with E-state index in [1.165, 1.54) is 21.6 Å². The van der Waals surface area contributed by atoms with Gasteiger partial charge in [0.15, 0.2) is 0 Å². The van der Waals surface area contributed by atoms with Crippen molar-refractivity contribution >= 4 is 57.2 Å². The molecule has 2 bridgehead atoms. The molecule has 2 aliphatic heterocycles. The van der Waals surface area contributed by atoms with Crippen molar-refractivity contribution in [3.63, 3.8) is 0 Å². The summed E-state index contributed by atoms with van der Waals surface area (Å²) in [6, 6.07) is -3.13. The molecule has 0 radical (unpaired) electrons. The molecule has 1 saturated carbocycles. The number of nitrogens with one attached hydrogen (secondary N) is 4. The Labute approximate surface area is 222 Å². The molecule has 1 unspecified atom stereocenters. The summed E-state index contributed by atoms with van der Waals surface area (Å²) in [5.74, 6) is -3.59. The van der Waals surface area contributed by atoms with Gasteiger partial charge in [0.1, 0.15) is 30.8 Å². The molecule has 0 aromatic rings. The number of fused-ring (bicyclic) bond motifs is 7. The standard InChI is InChI=1S/C23H32N4O8S2/c28-17-10-14-6-1-2-9-36-37-12-16(26-21(32)15(25-17)7-8-18(29)30)22(33)27-20(13-4-3-5-13)23(34)24-11-19(31)35-14/h1,6,13-16,20H,2-5,7-12H2,(H,24,34)(H,25,28)(H,26,32)(H,27,33)(H,29,30)/b6-1+/t14-,15+,16+,20?/m0/s1. The van der Waals surface area contributed by atoms with Gasteiger partial charge in [0.25, 0.3) is 0 Å². The number of carbonyl (C=O) groups is 6. The van der Waals surface area contributed by atoms with Crippen LogP contribution in [0.25, 0.3) is 0 Å². The van der Waals surface area contributed by atoms with E-state index in [-0.39, 0.29) is 30.9 Å². The lowest BCUT2D eigenvalue weighted by molar-refractivity contribution is -0.149. The highest BCUT2D eigenvalue weighted by Gasteiger charge is 2.37. The van der Waals surface area contributed by atoms with Gasteiger partial charge in [-0.3, -0.25) is 28.8 Å². The molecular formula is C23H32N4O8S2. The molecule has 4 amide bonds. The molecule has 1 saturated heterocycles. The second-order valence-corrected chi connectivity index (χ2v) is 11.7. The number of esters is 1. The van der Waals surface area contributed by atoms with Gasteiger partial charge in [-0.25, -0.2) is 0 Å². The summed E-state index contributed by atoms with van der Waals surface area (Å²) in [5.41, 5.74) is 0. The van der Waals surface area contributed by atoms with E-state index in [4.69, 9.17) is 9.84 Å². The van der Waals surface area contributed by atoms with Gasteiger partial charge in [0.05, 0.1) is 6.42 Å². The molecule has 2 heterocycles. The first-order chi connectivity index (χ1) is 17.7. The summed E-state index contributed by atoms with van der Waals surface area (Å²) in [7, 11) is 2.86. The molecule has 0 aromatic carbocycles. The molecule has 14 heteroatoms. The summed E-state index contributed by atoms with van der Waals surface area (Å²) in [5, 5.41) is 19.5. The van der Waals surface area contributed by atoms with Crippen LogP contribution in [0, 0.1) is 5.92 Å². The lowest BCUT2D eigenvalue weighted by Gasteiger charge is -2.34. The van der Waals surface area contributed by atoms with E-state index in [0.29, 0.717) is 12.2 Å². The Balaban J connectivity index is 1.93. The smallest absolute Gasteiger partial charge is 0.326 e. The molecule has 3 aliphatic rings. The predicted molar refractivity (Wildman–Crippen MR) is 136 cm³/mol. The topological polar surface area (TPSA) is 180 Å². The van der Waals surface area contributed by atoms with Crippen molar-refractivity contribution in [2.75, 3.05) is 18.1 Å². The van der Waals surface area contributed by atoms with Gasteiger partial charge in [0.2, 0.25) is 23.6 Å². The number of carboxylic acid groups (broad SMARTS) is 1. The second-order valence-electron chi connectivity index (χ2n) is 9.06. The van der Waals surface area contributed by atoms with E-state index in [0.717, 1.165) is 19.3 Å². The number of rotatable bonds is 4. The predicted octanol–water partition coefficient (Wildman–Crippen LogP) is -0.121. The monoisotopic (exact) mass is 556 g/mol. The van der Waals surface area contributed by atoms with Crippen LogP contribution in [0.2, 0.25) is 0 Å². The van der Waals surface area contributed by atoms with E-state index in [1.54, 1.807) is 12.2 Å². The molecule has 1 aliphatic carbocycles. The van der Waals surface area contributed by atoms with Crippen LogP contribution in [-0.2, 0) is 33.5 Å². The Morgan fingerprint density at radius 1 is 1.03 bits per heavy atom. The van der Waals surface area contributed by atoms with Gasteiger partial charge in [-0.2, -0.15) is 0 Å². The minimum absolute atomic E-state index is 0.0994. The van der Waals surface area contributed by atoms with E-state index in [1.807, 2.05) is 0 Å². The molecule has 5 N–H and O–H groups in total. The third kappa shape index (κ3) is 9.26. The average Bonchev–Trinajstić information content (AvgIpc) is 2.80. The number of hydrogen-bond donors (Lipinski definition) is 5. The quantitative estimate of drug-likeness (QED) is 0.178. The third-order valence-corrected chi connectivity index (χ3v) is 8.69. The van der Waals surface area contributed by atoms with Crippen molar-refractivity contribution in [2.24, 2.45) is 5.92 Å². The average molecular weight is 557 g/mol. The Kier molecular flexibility index (Phi) is 11.1. The fourth-order valence-electron chi connectivity index (χ4n) is 4.02. The first kappa shape index (κ1) is 28.8. The number of aliphatic carboxylic acids is 1. The Hall–Kier alpha value is -2.74. The van der Waals surface area contributed by atoms with Gasteiger partial charge in [0, 0.05) is 17.9 Å².